The summed E-state index contributed by atoms with van der Waals surface area (Å²) in [5.41, 5.74) is 2.08. The summed E-state index contributed by atoms with van der Waals surface area (Å²) in [7, 11) is 0. The van der Waals surface area contributed by atoms with Crippen LogP contribution in [0.4, 0.5) is 0 Å². The molecule has 1 heterocycles. The second kappa shape index (κ2) is 5.48. The Bertz CT molecular complexity index is 807. The molecule has 0 atom stereocenters. The lowest BCUT2D eigenvalue weighted by atomic mass is 10.2. The molecule has 6 heteroatoms. The number of carbonyl (C=O) groups excluding carboxylic acids is 1. The minimum atomic E-state index is -0.451. The fourth-order valence-corrected chi connectivity index (χ4v) is 2.06. The Kier molecular flexibility index (Phi) is 3.50. The maximum atomic E-state index is 12.0. The predicted molar refractivity (Wildman–Crippen MR) is 81.1 cm³/mol. The van der Waals surface area contributed by atoms with Gasteiger partial charge in [0.15, 0.2) is 0 Å². The van der Waals surface area contributed by atoms with Gasteiger partial charge in [0.1, 0.15) is 22.5 Å². The minimum absolute atomic E-state index is 0.0126. The van der Waals surface area contributed by atoms with Gasteiger partial charge in [-0.1, -0.05) is 12.1 Å². The number of nitrogens with zero attached hydrogens (tertiary/aromatic N) is 3. The molecule has 22 heavy (non-hydrogen) atoms. The molecule has 0 aliphatic carbocycles. The highest BCUT2D eigenvalue weighted by molar-refractivity contribution is 5.90. The second-order valence-corrected chi connectivity index (χ2v) is 5.14. The normalized spacial score (nSPS) is 11.0. The lowest BCUT2D eigenvalue weighted by Crippen LogP contribution is -2.12. The summed E-state index contributed by atoms with van der Waals surface area (Å²) in [6.07, 6.45) is -0.213. The summed E-state index contributed by atoms with van der Waals surface area (Å²) in [6.45, 7) is 3.56. The third-order valence-corrected chi connectivity index (χ3v) is 3.06. The zero-order valence-corrected chi connectivity index (χ0v) is 12.2. The van der Waals surface area contributed by atoms with Gasteiger partial charge >= 0.3 is 5.97 Å². The van der Waals surface area contributed by atoms with Crippen molar-refractivity contribution < 1.29 is 14.6 Å². The van der Waals surface area contributed by atoms with Gasteiger partial charge in [0.2, 0.25) is 0 Å². The average Bonchev–Trinajstić information content (AvgIpc) is 2.90. The number of benzene rings is 2. The van der Waals surface area contributed by atoms with E-state index in [0.29, 0.717) is 22.3 Å². The first-order valence-corrected chi connectivity index (χ1v) is 6.91. The van der Waals surface area contributed by atoms with E-state index in [4.69, 9.17) is 4.74 Å². The van der Waals surface area contributed by atoms with Crippen molar-refractivity contribution in [2.45, 2.75) is 20.0 Å². The van der Waals surface area contributed by atoms with E-state index < -0.39 is 5.97 Å². The Hall–Kier alpha value is -2.89. The summed E-state index contributed by atoms with van der Waals surface area (Å²) in [5.74, 6) is -0.464. The minimum Gasteiger partial charge on any atom is -0.506 e. The van der Waals surface area contributed by atoms with Gasteiger partial charge < -0.3 is 9.84 Å². The van der Waals surface area contributed by atoms with Crippen LogP contribution in [0.5, 0.6) is 5.75 Å². The number of aromatic hydroxyl groups is 1. The van der Waals surface area contributed by atoms with Crippen LogP contribution in [-0.4, -0.2) is 32.2 Å². The Morgan fingerprint density at radius 1 is 1.14 bits per heavy atom. The topological polar surface area (TPSA) is 77.2 Å². The van der Waals surface area contributed by atoms with Crippen LogP contribution < -0.4 is 0 Å². The number of rotatable bonds is 3. The number of phenols is 1. The maximum absolute atomic E-state index is 12.0. The van der Waals surface area contributed by atoms with Crippen LogP contribution >= 0.6 is 0 Å². The third kappa shape index (κ3) is 2.63. The van der Waals surface area contributed by atoms with Gasteiger partial charge in [-0.3, -0.25) is 0 Å². The number of esters is 1. The molecule has 0 saturated carbocycles. The fourth-order valence-electron chi connectivity index (χ4n) is 2.06. The highest BCUT2D eigenvalue weighted by atomic mass is 16.5. The molecule has 3 rings (SSSR count). The van der Waals surface area contributed by atoms with E-state index >= 15 is 0 Å². The Labute approximate surface area is 126 Å². The molecule has 0 aliphatic heterocycles. The van der Waals surface area contributed by atoms with Crippen molar-refractivity contribution in [1.29, 1.82) is 0 Å². The van der Waals surface area contributed by atoms with E-state index in [2.05, 4.69) is 10.2 Å². The number of phenolic OH excluding ortho intramolecular Hbond substituents is 1. The molecule has 1 N–H and O–H groups in total. The molecule has 0 radical (unpaired) electrons. The lowest BCUT2D eigenvalue weighted by Gasteiger charge is -2.09. The first kappa shape index (κ1) is 14.1. The van der Waals surface area contributed by atoms with Gasteiger partial charge in [-0.25, -0.2) is 4.79 Å². The van der Waals surface area contributed by atoms with Crippen molar-refractivity contribution in [2.75, 3.05) is 0 Å². The molecular formula is C16H15N3O3. The SMILES string of the molecule is CC(C)OC(=O)c1ccc(O)c(-n2nc3ccccc3n2)c1. The Morgan fingerprint density at radius 3 is 2.36 bits per heavy atom. The molecule has 112 valence electrons. The van der Waals surface area contributed by atoms with Crippen LogP contribution in [0, 0.1) is 0 Å². The van der Waals surface area contributed by atoms with E-state index in [9.17, 15) is 9.90 Å². The standard InChI is InChI=1S/C16H15N3O3/c1-10(2)22-16(21)11-7-8-15(20)14(9-11)19-17-12-5-3-4-6-13(12)18-19/h3-10,20H,1-2H3. The van der Waals surface area contributed by atoms with Crippen molar-refractivity contribution in [2.24, 2.45) is 0 Å². The number of hydrogen-bond donors (Lipinski definition) is 1. The average molecular weight is 297 g/mol. The van der Waals surface area contributed by atoms with E-state index in [1.54, 1.807) is 13.8 Å². The number of ether oxygens (including phenoxy) is 1. The monoisotopic (exact) mass is 297 g/mol. The van der Waals surface area contributed by atoms with Crippen LogP contribution in [0.2, 0.25) is 0 Å². The van der Waals surface area contributed by atoms with Gasteiger partial charge in [0.05, 0.1) is 11.7 Å². The number of fused-ring (bicyclic) bond motifs is 1. The van der Waals surface area contributed by atoms with Gasteiger partial charge in [-0.15, -0.1) is 15.0 Å². The van der Waals surface area contributed by atoms with E-state index in [1.165, 1.54) is 23.0 Å². The lowest BCUT2D eigenvalue weighted by molar-refractivity contribution is 0.0378. The van der Waals surface area contributed by atoms with Crippen LogP contribution in [0.15, 0.2) is 42.5 Å². The summed E-state index contributed by atoms with van der Waals surface area (Å²) < 4.78 is 5.16. The van der Waals surface area contributed by atoms with Crippen molar-refractivity contribution >= 4 is 17.0 Å². The van der Waals surface area contributed by atoms with Gasteiger partial charge in [0, 0.05) is 0 Å². The molecule has 0 bridgehead atoms. The molecule has 3 aromatic rings. The summed E-state index contributed by atoms with van der Waals surface area (Å²) in [4.78, 5) is 13.3. The van der Waals surface area contributed by atoms with E-state index in [0.717, 1.165) is 0 Å². The quantitative estimate of drug-likeness (QED) is 0.752. The van der Waals surface area contributed by atoms with Crippen LogP contribution in [0.1, 0.15) is 24.2 Å². The van der Waals surface area contributed by atoms with Crippen LogP contribution in [-0.2, 0) is 4.74 Å². The Balaban J connectivity index is 2.04. The third-order valence-electron chi connectivity index (χ3n) is 3.06. The van der Waals surface area contributed by atoms with Gasteiger partial charge in [0.25, 0.3) is 0 Å². The van der Waals surface area contributed by atoms with Crippen molar-refractivity contribution in [3.05, 3.63) is 48.0 Å². The van der Waals surface area contributed by atoms with Crippen molar-refractivity contribution in [1.82, 2.24) is 15.0 Å². The molecule has 0 saturated heterocycles. The second-order valence-electron chi connectivity index (χ2n) is 5.14. The smallest absolute Gasteiger partial charge is 0.338 e. The predicted octanol–water partition coefficient (Wildman–Crippen LogP) is 2.69. The molecule has 1 aromatic heterocycles. The maximum Gasteiger partial charge on any atom is 0.338 e. The van der Waals surface area contributed by atoms with Crippen LogP contribution in [0.3, 0.4) is 0 Å². The van der Waals surface area contributed by atoms with Crippen molar-refractivity contribution in [3.63, 3.8) is 0 Å². The fraction of sp³-hybridized carbons (Fsp3) is 0.188. The van der Waals surface area contributed by atoms with Crippen molar-refractivity contribution in [3.8, 4) is 11.4 Å². The largest absolute Gasteiger partial charge is 0.506 e. The summed E-state index contributed by atoms with van der Waals surface area (Å²) in [6, 6.07) is 11.8. The van der Waals surface area contributed by atoms with Gasteiger partial charge in [-0.05, 0) is 44.2 Å². The Morgan fingerprint density at radius 2 is 1.77 bits per heavy atom. The molecule has 0 spiro atoms. The molecule has 0 aliphatic rings. The van der Waals surface area contributed by atoms with Crippen LogP contribution in [0.25, 0.3) is 16.7 Å². The summed E-state index contributed by atoms with van der Waals surface area (Å²) in [5, 5.41) is 18.6. The van der Waals surface area contributed by atoms with E-state index in [-0.39, 0.29) is 11.9 Å². The van der Waals surface area contributed by atoms with Gasteiger partial charge in [-0.2, -0.15) is 0 Å². The highest BCUT2D eigenvalue weighted by Crippen LogP contribution is 2.23. The number of hydrogen-bond acceptors (Lipinski definition) is 5. The van der Waals surface area contributed by atoms with E-state index in [1.807, 2.05) is 24.3 Å². The molecule has 6 nitrogen and oxygen atoms in total. The summed E-state index contributed by atoms with van der Waals surface area (Å²) >= 11 is 0. The zero-order valence-electron chi connectivity index (χ0n) is 12.2. The molecule has 0 unspecified atom stereocenters. The number of carbonyl (C=O) groups is 1. The number of aromatic nitrogens is 3. The molecular weight excluding hydrogens is 282 g/mol. The molecule has 0 fully saturated rings. The zero-order chi connectivity index (χ0) is 15.7. The molecule has 2 aromatic carbocycles. The highest BCUT2D eigenvalue weighted by Gasteiger charge is 2.14. The first-order valence-electron chi connectivity index (χ1n) is 6.91. The first-order chi connectivity index (χ1) is 10.5. The molecule has 0 amide bonds.